The Labute approximate surface area is 204 Å². The molecule has 3 aromatic heterocycles. The summed E-state index contributed by atoms with van der Waals surface area (Å²) in [5.41, 5.74) is 7.22. The molecule has 7 nitrogen and oxygen atoms in total. The Hall–Kier alpha value is -4.10. The average Bonchev–Trinajstić information content (AvgIpc) is 3.56. The second kappa shape index (κ2) is 9.27. The van der Waals surface area contributed by atoms with Gasteiger partial charge in [-0.25, -0.2) is 0 Å². The van der Waals surface area contributed by atoms with Crippen molar-refractivity contribution in [3.63, 3.8) is 0 Å². The zero-order valence-electron chi connectivity index (χ0n) is 19.7. The smallest absolute Gasteiger partial charge is 0.138 e. The number of hydrogen-bond acceptors (Lipinski definition) is 5. The quantitative estimate of drug-likeness (QED) is 0.372. The number of H-pyrrole nitrogens is 2. The molecule has 0 bridgehead atoms. The van der Waals surface area contributed by atoms with Crippen LogP contribution in [0.3, 0.4) is 0 Å². The van der Waals surface area contributed by atoms with Crippen molar-refractivity contribution in [1.82, 2.24) is 25.1 Å². The first-order valence-corrected chi connectivity index (χ1v) is 12.0. The molecule has 0 spiro atoms. The molecule has 0 saturated carbocycles. The minimum Gasteiger partial charge on any atom is -0.487 e. The number of anilines is 1. The molecule has 6 rings (SSSR count). The third-order valence-electron chi connectivity index (χ3n) is 6.61. The van der Waals surface area contributed by atoms with Crippen molar-refractivity contribution in [2.24, 2.45) is 0 Å². The number of pyridine rings is 1. The topological polar surface area (TPSA) is 73.1 Å². The van der Waals surface area contributed by atoms with Crippen molar-refractivity contribution < 1.29 is 4.74 Å². The molecule has 35 heavy (non-hydrogen) atoms. The summed E-state index contributed by atoms with van der Waals surface area (Å²) in [7, 11) is 2.18. The molecule has 0 radical (unpaired) electrons. The minimum absolute atomic E-state index is 0.505. The summed E-state index contributed by atoms with van der Waals surface area (Å²) in [6.07, 6.45) is 3.56. The van der Waals surface area contributed by atoms with Gasteiger partial charge in [0.25, 0.3) is 0 Å². The summed E-state index contributed by atoms with van der Waals surface area (Å²) < 4.78 is 5.95. The molecule has 0 atom stereocenters. The maximum absolute atomic E-state index is 5.95. The van der Waals surface area contributed by atoms with Gasteiger partial charge in [0, 0.05) is 54.5 Å². The molecular formula is C28H28N6O. The number of rotatable bonds is 6. The highest BCUT2D eigenvalue weighted by atomic mass is 16.5. The first-order chi connectivity index (χ1) is 17.2. The van der Waals surface area contributed by atoms with Gasteiger partial charge in [0.1, 0.15) is 18.1 Å². The molecule has 5 aromatic rings. The van der Waals surface area contributed by atoms with Crippen molar-refractivity contribution in [3.05, 3.63) is 84.7 Å². The van der Waals surface area contributed by atoms with Gasteiger partial charge in [-0.15, -0.1) is 0 Å². The fraction of sp³-hybridized carbons (Fsp3) is 0.214. The molecule has 2 aromatic carbocycles. The fourth-order valence-corrected chi connectivity index (χ4v) is 4.59. The maximum Gasteiger partial charge on any atom is 0.138 e. The van der Waals surface area contributed by atoms with Crippen LogP contribution in [0.5, 0.6) is 5.75 Å². The normalized spacial score (nSPS) is 14.5. The van der Waals surface area contributed by atoms with Crippen LogP contribution >= 0.6 is 0 Å². The molecule has 2 N–H and O–H groups in total. The van der Waals surface area contributed by atoms with Gasteiger partial charge in [0.15, 0.2) is 0 Å². The van der Waals surface area contributed by atoms with Gasteiger partial charge in [0.2, 0.25) is 0 Å². The Morgan fingerprint density at radius 3 is 2.60 bits per heavy atom. The van der Waals surface area contributed by atoms with E-state index in [4.69, 9.17) is 4.74 Å². The standard InChI is InChI=1S/C28H28N6O/c1-33-10-12-34(13-11-33)28-9-5-8-24-23(28)15-26(30-24)27-16-25(31-32-27)21-14-22(18-29-17-21)35-19-20-6-3-2-4-7-20/h2-9,14-18,30H,10-13,19H2,1H3,(H,31,32). The molecule has 4 heterocycles. The Morgan fingerprint density at radius 2 is 1.74 bits per heavy atom. The summed E-state index contributed by atoms with van der Waals surface area (Å²) in [6, 6.07) is 22.8. The number of aromatic amines is 2. The molecule has 1 fully saturated rings. The highest BCUT2D eigenvalue weighted by molar-refractivity contribution is 5.96. The zero-order chi connectivity index (χ0) is 23.6. The summed E-state index contributed by atoms with van der Waals surface area (Å²) in [4.78, 5) is 12.8. The molecule has 1 aliphatic heterocycles. The van der Waals surface area contributed by atoms with E-state index in [1.165, 1.54) is 11.1 Å². The maximum atomic E-state index is 5.95. The lowest BCUT2D eigenvalue weighted by atomic mass is 10.1. The van der Waals surface area contributed by atoms with Crippen LogP contribution in [0.25, 0.3) is 33.5 Å². The molecule has 176 valence electrons. The third-order valence-corrected chi connectivity index (χ3v) is 6.61. The number of aromatic nitrogens is 4. The number of nitrogens with one attached hydrogen (secondary N) is 2. The summed E-state index contributed by atoms with van der Waals surface area (Å²) in [6.45, 7) is 4.75. The van der Waals surface area contributed by atoms with Crippen molar-refractivity contribution in [2.45, 2.75) is 6.61 Å². The number of nitrogens with zero attached hydrogens (tertiary/aromatic N) is 4. The first kappa shape index (κ1) is 21.4. The fourth-order valence-electron chi connectivity index (χ4n) is 4.59. The van der Waals surface area contributed by atoms with Crippen molar-refractivity contribution in [1.29, 1.82) is 0 Å². The van der Waals surface area contributed by atoms with Crippen LogP contribution in [0.1, 0.15) is 5.56 Å². The Balaban J connectivity index is 1.23. The van der Waals surface area contributed by atoms with Gasteiger partial charge >= 0.3 is 0 Å². The van der Waals surface area contributed by atoms with Crippen LogP contribution < -0.4 is 9.64 Å². The highest BCUT2D eigenvalue weighted by Crippen LogP contribution is 2.32. The Kier molecular flexibility index (Phi) is 5.68. The average molecular weight is 465 g/mol. The second-order valence-electron chi connectivity index (χ2n) is 9.06. The number of ether oxygens (including phenoxy) is 1. The zero-order valence-corrected chi connectivity index (χ0v) is 19.7. The van der Waals surface area contributed by atoms with E-state index in [0.717, 1.165) is 65.7 Å². The lowest BCUT2D eigenvalue weighted by Crippen LogP contribution is -2.44. The van der Waals surface area contributed by atoms with Crippen LogP contribution in [-0.2, 0) is 6.61 Å². The molecule has 0 amide bonds. The van der Waals surface area contributed by atoms with Crippen molar-refractivity contribution >= 4 is 16.6 Å². The highest BCUT2D eigenvalue weighted by Gasteiger charge is 2.18. The molecule has 7 heteroatoms. The first-order valence-electron chi connectivity index (χ1n) is 12.0. The van der Waals surface area contributed by atoms with Gasteiger partial charge in [-0.3, -0.25) is 10.1 Å². The number of likely N-dealkylation sites (N-methyl/N-ethyl adjacent to an activating group) is 1. The summed E-state index contributed by atoms with van der Waals surface area (Å²) in [5, 5.41) is 8.99. The predicted octanol–water partition coefficient (Wildman–Crippen LogP) is 4.95. The predicted molar refractivity (Wildman–Crippen MR) is 140 cm³/mol. The van der Waals surface area contributed by atoms with Crippen LogP contribution in [0.15, 0.2) is 79.1 Å². The van der Waals surface area contributed by atoms with E-state index < -0.39 is 0 Å². The van der Waals surface area contributed by atoms with Gasteiger partial charge in [0.05, 0.1) is 17.6 Å². The van der Waals surface area contributed by atoms with Crippen LogP contribution in [-0.4, -0.2) is 58.3 Å². The Morgan fingerprint density at radius 1 is 0.886 bits per heavy atom. The van der Waals surface area contributed by atoms with Gasteiger partial charge < -0.3 is 19.5 Å². The van der Waals surface area contributed by atoms with Gasteiger partial charge in [-0.2, -0.15) is 5.10 Å². The van der Waals surface area contributed by atoms with Gasteiger partial charge in [-0.05, 0) is 42.9 Å². The summed E-state index contributed by atoms with van der Waals surface area (Å²) in [5.74, 6) is 0.727. The van der Waals surface area contributed by atoms with E-state index in [1.54, 1.807) is 6.20 Å². The van der Waals surface area contributed by atoms with E-state index in [0.29, 0.717) is 6.61 Å². The van der Waals surface area contributed by atoms with Crippen LogP contribution in [0, 0.1) is 0 Å². The van der Waals surface area contributed by atoms with E-state index in [1.807, 2.05) is 42.6 Å². The lowest BCUT2D eigenvalue weighted by Gasteiger charge is -2.34. The van der Waals surface area contributed by atoms with E-state index in [2.05, 4.69) is 67.3 Å². The monoisotopic (exact) mass is 464 g/mol. The van der Waals surface area contributed by atoms with E-state index in [-0.39, 0.29) is 0 Å². The van der Waals surface area contributed by atoms with Crippen molar-refractivity contribution in [2.75, 3.05) is 38.1 Å². The number of fused-ring (bicyclic) bond motifs is 1. The second-order valence-corrected chi connectivity index (χ2v) is 9.06. The molecule has 1 aliphatic rings. The number of benzene rings is 2. The van der Waals surface area contributed by atoms with E-state index >= 15 is 0 Å². The largest absolute Gasteiger partial charge is 0.487 e. The summed E-state index contributed by atoms with van der Waals surface area (Å²) >= 11 is 0. The molecular weight excluding hydrogens is 436 g/mol. The SMILES string of the molecule is CN1CCN(c2cccc3[nH]c(-c4cc(-c5cncc(OCc6ccccc6)c5)[nH]n4)cc23)CC1. The van der Waals surface area contributed by atoms with E-state index in [9.17, 15) is 0 Å². The van der Waals surface area contributed by atoms with Crippen LogP contribution in [0.4, 0.5) is 5.69 Å². The minimum atomic E-state index is 0.505. The van der Waals surface area contributed by atoms with Gasteiger partial charge in [-0.1, -0.05) is 36.4 Å². The van der Waals surface area contributed by atoms with Crippen LogP contribution in [0.2, 0.25) is 0 Å². The lowest BCUT2D eigenvalue weighted by molar-refractivity contribution is 0.305. The number of hydrogen-bond donors (Lipinski definition) is 2. The Bertz CT molecular complexity index is 1430. The van der Waals surface area contributed by atoms with Crippen molar-refractivity contribution in [3.8, 4) is 28.4 Å². The third kappa shape index (κ3) is 4.50. The number of piperazine rings is 1. The molecule has 1 saturated heterocycles. The molecule has 0 unspecified atom stereocenters. The molecule has 0 aliphatic carbocycles.